The fourth-order valence-corrected chi connectivity index (χ4v) is 1.89. The van der Waals surface area contributed by atoms with E-state index in [1.165, 1.54) is 5.56 Å². The number of hydrogen-bond acceptors (Lipinski definition) is 2. The zero-order chi connectivity index (χ0) is 9.84. The molecule has 72 valence electrons. The minimum Gasteiger partial charge on any atom is -0.301 e. The van der Waals surface area contributed by atoms with Crippen molar-refractivity contribution in [2.75, 3.05) is 21.1 Å². The van der Waals surface area contributed by atoms with Crippen LogP contribution in [0.3, 0.4) is 0 Å². The molecule has 1 aromatic rings. The Morgan fingerprint density at radius 1 is 1.31 bits per heavy atom. The zero-order valence-electron chi connectivity index (χ0n) is 8.21. The van der Waals surface area contributed by atoms with Gasteiger partial charge in [-0.1, -0.05) is 34.1 Å². The lowest BCUT2D eigenvalue weighted by Gasteiger charge is -2.24. The molecule has 0 radical (unpaired) electrons. The van der Waals surface area contributed by atoms with Crippen molar-refractivity contribution < 1.29 is 0 Å². The predicted octanol–water partition coefficient (Wildman–Crippen LogP) is 2.23. The summed E-state index contributed by atoms with van der Waals surface area (Å²) in [7, 11) is 6.07. The normalized spacial score (nSPS) is 13.3. The Morgan fingerprint density at radius 2 is 1.92 bits per heavy atom. The minimum atomic E-state index is 0.260. The Balaban J connectivity index is 2.97. The fraction of sp³-hybridized carbons (Fsp3) is 0.400. The molecular formula is C10H15BrN2. The molecule has 1 rings (SSSR count). The van der Waals surface area contributed by atoms with Crippen molar-refractivity contribution >= 4 is 15.9 Å². The topological polar surface area (TPSA) is 15.3 Å². The van der Waals surface area contributed by atoms with Gasteiger partial charge in [-0.05, 0) is 32.8 Å². The van der Waals surface area contributed by atoms with Crippen LogP contribution in [0.1, 0.15) is 11.7 Å². The molecular weight excluding hydrogens is 228 g/mol. The van der Waals surface area contributed by atoms with Crippen LogP contribution in [0.25, 0.3) is 0 Å². The number of halogens is 1. The summed E-state index contributed by atoms with van der Waals surface area (Å²) < 4.78 is 1.14. The van der Waals surface area contributed by atoms with Crippen molar-refractivity contribution in [3.05, 3.63) is 34.3 Å². The maximum atomic E-state index is 3.54. The van der Waals surface area contributed by atoms with Gasteiger partial charge in [-0.3, -0.25) is 4.90 Å². The van der Waals surface area contributed by atoms with Crippen molar-refractivity contribution in [3.63, 3.8) is 0 Å². The molecule has 0 saturated heterocycles. The molecule has 0 aliphatic heterocycles. The molecule has 3 heteroatoms. The summed E-state index contributed by atoms with van der Waals surface area (Å²) in [5.41, 5.74) is 1.26. The lowest BCUT2D eigenvalue weighted by Crippen LogP contribution is -2.30. The number of nitrogens with one attached hydrogen (secondary N) is 1. The van der Waals surface area contributed by atoms with Gasteiger partial charge in [0, 0.05) is 4.47 Å². The molecule has 0 spiro atoms. The summed E-state index contributed by atoms with van der Waals surface area (Å²) in [5.74, 6) is 0. The van der Waals surface area contributed by atoms with E-state index in [0.717, 1.165) is 4.47 Å². The van der Waals surface area contributed by atoms with E-state index in [2.05, 4.69) is 52.4 Å². The summed E-state index contributed by atoms with van der Waals surface area (Å²) in [4.78, 5) is 2.14. The Bertz CT molecular complexity index is 273. The average Bonchev–Trinajstić information content (AvgIpc) is 2.09. The van der Waals surface area contributed by atoms with Gasteiger partial charge in [0.05, 0.1) is 6.17 Å². The Kier molecular flexibility index (Phi) is 3.90. The second-order valence-corrected chi connectivity index (χ2v) is 4.03. The molecule has 0 saturated carbocycles. The molecule has 1 N–H and O–H groups in total. The van der Waals surface area contributed by atoms with Gasteiger partial charge in [0.25, 0.3) is 0 Å². The molecule has 13 heavy (non-hydrogen) atoms. The third-order valence-electron chi connectivity index (χ3n) is 1.99. The van der Waals surface area contributed by atoms with Crippen molar-refractivity contribution in [1.29, 1.82) is 0 Å². The van der Waals surface area contributed by atoms with Crippen LogP contribution in [-0.2, 0) is 0 Å². The van der Waals surface area contributed by atoms with Gasteiger partial charge in [-0.25, -0.2) is 0 Å². The Morgan fingerprint density at radius 3 is 2.38 bits per heavy atom. The maximum Gasteiger partial charge on any atom is 0.0864 e. The van der Waals surface area contributed by atoms with Crippen molar-refractivity contribution in [3.8, 4) is 0 Å². The average molecular weight is 243 g/mol. The first-order valence-electron chi connectivity index (χ1n) is 4.25. The third-order valence-corrected chi connectivity index (χ3v) is 2.71. The highest BCUT2D eigenvalue weighted by atomic mass is 79.9. The lowest BCUT2D eigenvalue weighted by molar-refractivity contribution is 0.264. The third kappa shape index (κ3) is 2.53. The summed E-state index contributed by atoms with van der Waals surface area (Å²) in [6.45, 7) is 0. The summed E-state index contributed by atoms with van der Waals surface area (Å²) in [6.07, 6.45) is 0.260. The summed E-state index contributed by atoms with van der Waals surface area (Å²) >= 11 is 3.54. The van der Waals surface area contributed by atoms with Gasteiger partial charge in [-0.15, -0.1) is 0 Å². The Hall–Kier alpha value is -0.380. The van der Waals surface area contributed by atoms with Gasteiger partial charge in [0.2, 0.25) is 0 Å². The standard InChI is InChI=1S/C10H15BrN2/c1-12-10(13(2)3)8-6-4-5-7-9(8)11/h4-7,10,12H,1-3H3. The number of rotatable bonds is 3. The highest BCUT2D eigenvalue weighted by molar-refractivity contribution is 9.10. The predicted molar refractivity (Wildman–Crippen MR) is 59.6 cm³/mol. The smallest absolute Gasteiger partial charge is 0.0864 e. The quantitative estimate of drug-likeness (QED) is 0.819. The minimum absolute atomic E-state index is 0.260. The van der Waals surface area contributed by atoms with E-state index in [4.69, 9.17) is 0 Å². The van der Waals surface area contributed by atoms with Gasteiger partial charge in [0.15, 0.2) is 0 Å². The maximum absolute atomic E-state index is 3.54. The first-order valence-corrected chi connectivity index (χ1v) is 5.04. The van der Waals surface area contributed by atoms with Gasteiger partial charge < -0.3 is 5.32 Å². The molecule has 0 amide bonds. The first kappa shape index (κ1) is 10.7. The molecule has 0 heterocycles. The highest BCUT2D eigenvalue weighted by Gasteiger charge is 2.13. The number of nitrogens with zero attached hydrogens (tertiary/aromatic N) is 1. The molecule has 1 aromatic carbocycles. The summed E-state index contributed by atoms with van der Waals surface area (Å²) in [6, 6.07) is 8.25. The second-order valence-electron chi connectivity index (χ2n) is 3.18. The molecule has 0 aromatic heterocycles. The van der Waals surface area contributed by atoms with Crippen LogP contribution in [0.5, 0.6) is 0 Å². The van der Waals surface area contributed by atoms with E-state index in [-0.39, 0.29) is 6.17 Å². The van der Waals surface area contributed by atoms with Crippen LogP contribution in [0, 0.1) is 0 Å². The van der Waals surface area contributed by atoms with E-state index in [1.54, 1.807) is 0 Å². The van der Waals surface area contributed by atoms with Crippen LogP contribution in [0.15, 0.2) is 28.7 Å². The van der Waals surface area contributed by atoms with Crippen LogP contribution in [0.2, 0.25) is 0 Å². The largest absolute Gasteiger partial charge is 0.301 e. The van der Waals surface area contributed by atoms with Crippen molar-refractivity contribution in [1.82, 2.24) is 10.2 Å². The van der Waals surface area contributed by atoms with E-state index in [9.17, 15) is 0 Å². The number of hydrogen-bond donors (Lipinski definition) is 1. The Labute approximate surface area is 88.1 Å². The van der Waals surface area contributed by atoms with Crippen LogP contribution in [-0.4, -0.2) is 26.0 Å². The van der Waals surface area contributed by atoms with E-state index < -0.39 is 0 Å². The van der Waals surface area contributed by atoms with Crippen molar-refractivity contribution in [2.24, 2.45) is 0 Å². The lowest BCUT2D eigenvalue weighted by atomic mass is 10.1. The van der Waals surface area contributed by atoms with Gasteiger partial charge >= 0.3 is 0 Å². The van der Waals surface area contributed by atoms with E-state index in [0.29, 0.717) is 0 Å². The van der Waals surface area contributed by atoms with Gasteiger partial charge in [0.1, 0.15) is 0 Å². The SMILES string of the molecule is CNC(c1ccccc1Br)N(C)C. The van der Waals surface area contributed by atoms with Crippen LogP contribution < -0.4 is 5.32 Å². The number of benzene rings is 1. The molecule has 0 aliphatic rings. The summed E-state index contributed by atoms with van der Waals surface area (Å²) in [5, 5.41) is 3.25. The van der Waals surface area contributed by atoms with Crippen molar-refractivity contribution in [2.45, 2.75) is 6.17 Å². The molecule has 2 nitrogen and oxygen atoms in total. The fourth-order valence-electron chi connectivity index (χ4n) is 1.39. The van der Waals surface area contributed by atoms with E-state index in [1.807, 2.05) is 19.2 Å². The first-order chi connectivity index (χ1) is 6.16. The molecule has 1 unspecified atom stereocenters. The second kappa shape index (κ2) is 4.74. The molecule has 0 bridgehead atoms. The molecule has 0 aliphatic carbocycles. The van der Waals surface area contributed by atoms with Crippen LogP contribution >= 0.6 is 15.9 Å². The highest BCUT2D eigenvalue weighted by Crippen LogP contribution is 2.23. The zero-order valence-corrected chi connectivity index (χ0v) is 9.80. The van der Waals surface area contributed by atoms with Crippen LogP contribution in [0.4, 0.5) is 0 Å². The monoisotopic (exact) mass is 242 g/mol. The van der Waals surface area contributed by atoms with E-state index >= 15 is 0 Å². The molecule has 1 atom stereocenters. The molecule has 0 fully saturated rings. The van der Waals surface area contributed by atoms with Gasteiger partial charge in [-0.2, -0.15) is 0 Å².